The molecule has 1 aromatic carbocycles. The van der Waals surface area contributed by atoms with E-state index >= 15 is 0 Å². The molecule has 0 spiro atoms. The van der Waals surface area contributed by atoms with Crippen molar-refractivity contribution in [2.24, 2.45) is 0 Å². The molecule has 1 aromatic heterocycles. The summed E-state index contributed by atoms with van der Waals surface area (Å²) < 4.78 is 10.0. The predicted molar refractivity (Wildman–Crippen MR) is 92.3 cm³/mol. The molecule has 0 bridgehead atoms. The Kier molecular flexibility index (Phi) is 4.89. The number of benzene rings is 1. The zero-order chi connectivity index (χ0) is 18.0. The molecule has 0 saturated heterocycles. The molecule has 7 heteroatoms. The van der Waals surface area contributed by atoms with Gasteiger partial charge in [0.15, 0.2) is 0 Å². The molecule has 3 rings (SSSR count). The Morgan fingerprint density at radius 1 is 1.28 bits per heavy atom. The van der Waals surface area contributed by atoms with Crippen molar-refractivity contribution in [2.45, 2.75) is 11.6 Å². The largest absolute Gasteiger partial charge is 0.467 e. The molecule has 0 radical (unpaired) electrons. The summed E-state index contributed by atoms with van der Waals surface area (Å²) in [6, 6.07) is 9.33. The fraction of sp³-hybridized carbons (Fsp3) is 0.333. The minimum Gasteiger partial charge on any atom is -0.467 e. The van der Waals surface area contributed by atoms with Crippen LogP contribution in [0.15, 0.2) is 41.8 Å². The summed E-state index contributed by atoms with van der Waals surface area (Å²) in [5.74, 6) is -1.05. The number of methoxy groups -OCH3 is 2. The minimum atomic E-state index is -1.99. The van der Waals surface area contributed by atoms with Crippen LogP contribution < -0.4 is 0 Å². The summed E-state index contributed by atoms with van der Waals surface area (Å²) in [7, 11) is 2.76. The molecular weight excluding hydrogens is 342 g/mol. The van der Waals surface area contributed by atoms with Gasteiger partial charge in [-0.15, -0.1) is 11.3 Å². The molecular formula is C18H19NO5S. The first-order valence-corrected chi connectivity index (χ1v) is 8.67. The SMILES string of the molecule is COCCN1C(=O)c2ccccc2C(O)(C(=O)OC)C1c1cccs1. The maximum atomic E-state index is 13.0. The number of aliphatic hydroxyl groups is 1. The lowest BCUT2D eigenvalue weighted by Gasteiger charge is -2.45. The average molecular weight is 361 g/mol. The topological polar surface area (TPSA) is 76.1 Å². The van der Waals surface area contributed by atoms with Crippen molar-refractivity contribution < 1.29 is 24.2 Å². The van der Waals surface area contributed by atoms with E-state index in [0.717, 1.165) is 0 Å². The van der Waals surface area contributed by atoms with Gasteiger partial charge in [-0.1, -0.05) is 24.3 Å². The van der Waals surface area contributed by atoms with E-state index in [1.54, 1.807) is 30.3 Å². The second kappa shape index (κ2) is 6.95. The van der Waals surface area contributed by atoms with E-state index in [0.29, 0.717) is 10.4 Å². The first-order valence-electron chi connectivity index (χ1n) is 7.79. The van der Waals surface area contributed by atoms with Crippen molar-refractivity contribution in [2.75, 3.05) is 27.4 Å². The van der Waals surface area contributed by atoms with Crippen LogP contribution in [0.1, 0.15) is 26.8 Å². The Bertz CT molecular complexity index is 776. The molecule has 6 nitrogen and oxygen atoms in total. The third-order valence-electron chi connectivity index (χ3n) is 4.38. The summed E-state index contributed by atoms with van der Waals surface area (Å²) in [6.45, 7) is 0.526. The Morgan fingerprint density at radius 2 is 2.04 bits per heavy atom. The monoisotopic (exact) mass is 361 g/mol. The lowest BCUT2D eigenvalue weighted by molar-refractivity contribution is -0.173. The second-order valence-corrected chi connectivity index (χ2v) is 6.69. The van der Waals surface area contributed by atoms with E-state index in [1.807, 2.05) is 11.4 Å². The van der Waals surface area contributed by atoms with Crippen LogP contribution in [-0.4, -0.2) is 49.3 Å². The van der Waals surface area contributed by atoms with Gasteiger partial charge in [-0.05, 0) is 17.5 Å². The lowest BCUT2D eigenvalue weighted by atomic mass is 9.78. The molecule has 2 unspecified atom stereocenters. The highest BCUT2D eigenvalue weighted by molar-refractivity contribution is 7.10. The standard InChI is InChI=1S/C18H19NO5S/c1-23-10-9-19-15(14-8-5-11-25-14)18(22,17(21)24-2)13-7-4-3-6-12(13)16(19)20/h3-8,11,15,22H,9-10H2,1-2H3. The van der Waals surface area contributed by atoms with Crippen LogP contribution in [0, 0.1) is 0 Å². The van der Waals surface area contributed by atoms with Crippen LogP contribution in [0.4, 0.5) is 0 Å². The van der Waals surface area contributed by atoms with E-state index in [-0.39, 0.29) is 24.6 Å². The molecule has 1 aliphatic heterocycles. The van der Waals surface area contributed by atoms with Crippen LogP contribution in [0.2, 0.25) is 0 Å². The first kappa shape index (κ1) is 17.6. The average Bonchev–Trinajstić information content (AvgIpc) is 3.16. The van der Waals surface area contributed by atoms with Gasteiger partial charge in [0.2, 0.25) is 5.60 Å². The lowest BCUT2D eigenvalue weighted by Crippen LogP contribution is -2.56. The van der Waals surface area contributed by atoms with Gasteiger partial charge >= 0.3 is 5.97 Å². The Balaban J connectivity index is 2.25. The molecule has 2 heterocycles. The normalized spacial score (nSPS) is 22.6. The highest BCUT2D eigenvalue weighted by Gasteiger charge is 2.56. The summed E-state index contributed by atoms with van der Waals surface area (Å²) in [6.07, 6.45) is 0. The predicted octanol–water partition coefficient (Wildman–Crippen LogP) is 1.95. The Morgan fingerprint density at radius 3 is 2.68 bits per heavy atom. The van der Waals surface area contributed by atoms with Crippen molar-refractivity contribution >= 4 is 23.2 Å². The van der Waals surface area contributed by atoms with E-state index in [4.69, 9.17) is 9.47 Å². The van der Waals surface area contributed by atoms with Gasteiger partial charge in [0, 0.05) is 29.7 Å². The van der Waals surface area contributed by atoms with Crippen LogP contribution >= 0.6 is 11.3 Å². The number of hydrogen-bond acceptors (Lipinski definition) is 6. The van der Waals surface area contributed by atoms with Crippen LogP contribution in [-0.2, 0) is 19.9 Å². The number of rotatable bonds is 5. The van der Waals surface area contributed by atoms with Crippen molar-refractivity contribution in [3.63, 3.8) is 0 Å². The van der Waals surface area contributed by atoms with Crippen LogP contribution in [0.3, 0.4) is 0 Å². The number of carbonyl (C=O) groups excluding carboxylic acids is 2. The number of fused-ring (bicyclic) bond motifs is 1. The highest BCUT2D eigenvalue weighted by atomic mass is 32.1. The number of thiophene rings is 1. The van der Waals surface area contributed by atoms with Crippen molar-refractivity contribution in [3.8, 4) is 0 Å². The van der Waals surface area contributed by atoms with Crippen molar-refractivity contribution in [1.82, 2.24) is 4.90 Å². The number of hydrogen-bond donors (Lipinski definition) is 1. The van der Waals surface area contributed by atoms with E-state index < -0.39 is 17.6 Å². The van der Waals surface area contributed by atoms with E-state index in [9.17, 15) is 14.7 Å². The third-order valence-corrected chi connectivity index (χ3v) is 5.31. The molecule has 2 atom stereocenters. The minimum absolute atomic E-state index is 0.242. The van der Waals surface area contributed by atoms with Crippen molar-refractivity contribution in [3.05, 3.63) is 57.8 Å². The smallest absolute Gasteiger partial charge is 0.345 e. The second-order valence-electron chi connectivity index (χ2n) is 5.71. The van der Waals surface area contributed by atoms with Gasteiger partial charge in [-0.25, -0.2) is 4.79 Å². The number of amides is 1. The van der Waals surface area contributed by atoms with Gasteiger partial charge in [-0.2, -0.15) is 0 Å². The van der Waals surface area contributed by atoms with Crippen LogP contribution in [0.25, 0.3) is 0 Å². The highest BCUT2D eigenvalue weighted by Crippen LogP contribution is 2.47. The van der Waals surface area contributed by atoms with Crippen molar-refractivity contribution in [1.29, 1.82) is 0 Å². The fourth-order valence-electron chi connectivity index (χ4n) is 3.25. The Hall–Kier alpha value is -2.22. The van der Waals surface area contributed by atoms with E-state index in [1.165, 1.54) is 30.5 Å². The summed E-state index contributed by atoms with van der Waals surface area (Å²) >= 11 is 1.37. The number of nitrogens with zero attached hydrogens (tertiary/aromatic N) is 1. The third kappa shape index (κ3) is 2.74. The zero-order valence-corrected chi connectivity index (χ0v) is 14.8. The fourth-order valence-corrected chi connectivity index (χ4v) is 4.15. The Labute approximate surface area is 149 Å². The van der Waals surface area contributed by atoms with Gasteiger partial charge in [0.05, 0.1) is 13.7 Å². The molecule has 0 saturated carbocycles. The maximum Gasteiger partial charge on any atom is 0.345 e. The number of carbonyl (C=O) groups is 2. The summed E-state index contributed by atoms with van der Waals surface area (Å²) in [5, 5.41) is 13.3. The van der Waals surface area contributed by atoms with Gasteiger partial charge in [0.25, 0.3) is 5.91 Å². The zero-order valence-electron chi connectivity index (χ0n) is 14.0. The number of esters is 1. The van der Waals surface area contributed by atoms with Gasteiger partial charge in [0.1, 0.15) is 6.04 Å². The van der Waals surface area contributed by atoms with Gasteiger partial charge in [-0.3, -0.25) is 4.79 Å². The summed E-state index contributed by atoms with van der Waals surface area (Å²) in [5.41, 5.74) is -1.43. The molecule has 25 heavy (non-hydrogen) atoms. The molecule has 1 amide bonds. The molecule has 2 aromatic rings. The molecule has 1 aliphatic rings. The molecule has 0 aliphatic carbocycles. The van der Waals surface area contributed by atoms with E-state index in [2.05, 4.69) is 0 Å². The number of ether oxygens (including phenoxy) is 2. The van der Waals surface area contributed by atoms with Crippen LogP contribution in [0.5, 0.6) is 0 Å². The van der Waals surface area contributed by atoms with Gasteiger partial charge < -0.3 is 19.5 Å². The summed E-state index contributed by atoms with van der Waals surface area (Å²) in [4.78, 5) is 27.9. The quantitative estimate of drug-likeness (QED) is 0.824. The molecule has 0 fully saturated rings. The molecule has 132 valence electrons. The maximum absolute atomic E-state index is 13.0. The first-order chi connectivity index (χ1) is 12.1. The molecule has 1 N–H and O–H groups in total.